The van der Waals surface area contributed by atoms with Gasteiger partial charge in [-0.05, 0) is 0 Å². The lowest BCUT2D eigenvalue weighted by molar-refractivity contribution is 0.0675. The van der Waals surface area contributed by atoms with Crippen molar-refractivity contribution in [1.29, 1.82) is 0 Å². The molecule has 14 heavy (non-hydrogen) atoms. The van der Waals surface area contributed by atoms with E-state index in [1.54, 1.807) is 6.08 Å². The number of nitrogens with zero attached hydrogens (tertiary/aromatic N) is 3. The third kappa shape index (κ3) is 2.23. The van der Waals surface area contributed by atoms with Crippen molar-refractivity contribution < 1.29 is 4.74 Å². The zero-order valence-corrected chi connectivity index (χ0v) is 8.92. The average Bonchev–Trinajstić information content (AvgIpc) is 2.18. The Morgan fingerprint density at radius 3 is 2.79 bits per heavy atom. The molecule has 7 heteroatoms. The monoisotopic (exact) mass is 236 g/mol. The maximum atomic E-state index is 5.81. The number of amidine groups is 1. The number of nitrogens with one attached hydrogen (secondary N) is 1. The van der Waals surface area contributed by atoms with E-state index in [1.807, 2.05) is 0 Å². The Morgan fingerprint density at radius 2 is 2.14 bits per heavy atom. The second-order valence-electron chi connectivity index (χ2n) is 2.92. The number of halogens is 2. The number of hydrazine groups is 1. The van der Waals surface area contributed by atoms with Gasteiger partial charge in [0.1, 0.15) is 5.16 Å². The van der Waals surface area contributed by atoms with Crippen LogP contribution in [0.25, 0.3) is 0 Å². The van der Waals surface area contributed by atoms with Crippen LogP contribution in [0.3, 0.4) is 0 Å². The maximum Gasteiger partial charge on any atom is 0.155 e. The van der Waals surface area contributed by atoms with Gasteiger partial charge in [-0.15, -0.1) is 9.74 Å². The van der Waals surface area contributed by atoms with Gasteiger partial charge in [0.2, 0.25) is 0 Å². The van der Waals surface area contributed by atoms with Gasteiger partial charge in [0.25, 0.3) is 0 Å². The summed E-state index contributed by atoms with van der Waals surface area (Å²) in [4.78, 5) is 2.07. The predicted octanol–water partition coefficient (Wildman–Crippen LogP) is 0.686. The van der Waals surface area contributed by atoms with E-state index in [1.165, 1.54) is 0 Å². The molecular formula is C7H10Cl2N4O. The summed E-state index contributed by atoms with van der Waals surface area (Å²) in [5, 5.41) is 4.53. The minimum atomic E-state index is 0.455. The van der Waals surface area contributed by atoms with Gasteiger partial charge in [-0.2, -0.15) is 0 Å². The number of ether oxygens (including phenoxy) is 1. The highest BCUT2D eigenvalue weighted by molar-refractivity contribution is 6.31. The Labute approximate surface area is 92.0 Å². The first-order chi connectivity index (χ1) is 6.75. The lowest BCUT2D eigenvalue weighted by Gasteiger charge is -2.30. The van der Waals surface area contributed by atoms with Crippen molar-refractivity contribution in [2.45, 2.75) is 0 Å². The molecule has 0 aromatic rings. The van der Waals surface area contributed by atoms with Crippen molar-refractivity contribution in [3.05, 3.63) is 11.2 Å². The molecule has 1 fully saturated rings. The zero-order valence-electron chi connectivity index (χ0n) is 7.41. The highest BCUT2D eigenvalue weighted by atomic mass is 35.5. The van der Waals surface area contributed by atoms with Crippen LogP contribution in [-0.2, 0) is 4.74 Å². The van der Waals surface area contributed by atoms with Gasteiger partial charge in [-0.1, -0.05) is 11.6 Å². The highest BCUT2D eigenvalue weighted by Gasteiger charge is 2.18. The summed E-state index contributed by atoms with van der Waals surface area (Å²) in [5.41, 5.74) is 2.63. The first kappa shape index (κ1) is 9.89. The van der Waals surface area contributed by atoms with Crippen LogP contribution < -0.4 is 5.43 Å². The first-order valence-corrected chi connectivity index (χ1v) is 4.98. The molecule has 1 saturated heterocycles. The van der Waals surface area contributed by atoms with Crippen LogP contribution in [-0.4, -0.2) is 41.7 Å². The molecule has 0 bridgehead atoms. The van der Waals surface area contributed by atoms with Crippen LogP contribution in [0.4, 0.5) is 0 Å². The fraction of sp³-hybridized carbons (Fsp3) is 0.571. The van der Waals surface area contributed by atoms with Crippen LogP contribution in [0, 0.1) is 0 Å². The Morgan fingerprint density at radius 1 is 1.43 bits per heavy atom. The predicted molar refractivity (Wildman–Crippen MR) is 54.6 cm³/mol. The van der Waals surface area contributed by atoms with Crippen molar-refractivity contribution in [2.24, 2.45) is 5.10 Å². The van der Waals surface area contributed by atoms with Gasteiger partial charge < -0.3 is 9.64 Å². The number of hydrazone groups is 1. The van der Waals surface area contributed by atoms with E-state index in [9.17, 15) is 0 Å². The SMILES string of the molecule is ClC1=CC(N2CCOCC2)=NN(Cl)N1. The first-order valence-electron chi connectivity index (χ1n) is 4.27. The van der Waals surface area contributed by atoms with Gasteiger partial charge in [-0.25, -0.2) is 0 Å². The molecule has 2 aliphatic heterocycles. The molecule has 5 nitrogen and oxygen atoms in total. The Bertz CT molecular complexity index is 275. The van der Waals surface area contributed by atoms with Crippen molar-refractivity contribution in [1.82, 2.24) is 15.0 Å². The average molecular weight is 237 g/mol. The number of morpholine rings is 1. The Hall–Kier alpha value is -0.650. The molecule has 0 radical (unpaired) electrons. The molecule has 1 N–H and O–H groups in total. The summed E-state index contributed by atoms with van der Waals surface area (Å²) < 4.78 is 6.31. The number of hydrogen-bond donors (Lipinski definition) is 1. The molecule has 2 aliphatic rings. The van der Waals surface area contributed by atoms with E-state index in [-0.39, 0.29) is 0 Å². The minimum Gasteiger partial charge on any atom is -0.378 e. The quantitative estimate of drug-likeness (QED) is 0.497. The van der Waals surface area contributed by atoms with E-state index in [2.05, 4.69) is 15.4 Å². The zero-order chi connectivity index (χ0) is 9.97. The summed E-state index contributed by atoms with van der Waals surface area (Å²) in [5.74, 6) is 0.757. The fourth-order valence-electron chi connectivity index (χ4n) is 1.32. The van der Waals surface area contributed by atoms with Crippen LogP contribution in [0.5, 0.6) is 0 Å². The van der Waals surface area contributed by atoms with Crippen LogP contribution in [0.2, 0.25) is 0 Å². The molecule has 0 unspecified atom stereocenters. The molecular weight excluding hydrogens is 227 g/mol. The number of hydrogen-bond acceptors (Lipinski definition) is 5. The van der Waals surface area contributed by atoms with Crippen LogP contribution in [0.15, 0.2) is 16.3 Å². The molecule has 0 saturated carbocycles. The van der Waals surface area contributed by atoms with E-state index in [0.29, 0.717) is 18.4 Å². The van der Waals surface area contributed by atoms with Gasteiger partial charge in [0.05, 0.1) is 25.0 Å². The van der Waals surface area contributed by atoms with E-state index >= 15 is 0 Å². The summed E-state index contributed by atoms with van der Waals surface area (Å²) in [6, 6.07) is 0. The maximum absolute atomic E-state index is 5.81. The number of rotatable bonds is 0. The van der Waals surface area contributed by atoms with Crippen molar-refractivity contribution in [2.75, 3.05) is 26.3 Å². The summed E-state index contributed by atoms with van der Waals surface area (Å²) in [6.45, 7) is 3.04. The molecule has 78 valence electrons. The van der Waals surface area contributed by atoms with Crippen molar-refractivity contribution in [3.63, 3.8) is 0 Å². The summed E-state index contributed by atoms with van der Waals surface area (Å²) in [6.07, 6.45) is 1.74. The summed E-state index contributed by atoms with van der Waals surface area (Å²) in [7, 11) is 0. The van der Waals surface area contributed by atoms with E-state index in [4.69, 9.17) is 28.1 Å². The Balaban J connectivity index is 2.08. The lowest BCUT2D eigenvalue weighted by Crippen LogP contribution is -2.43. The van der Waals surface area contributed by atoms with Gasteiger partial charge in [0.15, 0.2) is 5.84 Å². The van der Waals surface area contributed by atoms with Gasteiger partial charge >= 0.3 is 0 Å². The lowest BCUT2D eigenvalue weighted by atomic mass is 10.4. The molecule has 0 atom stereocenters. The smallest absolute Gasteiger partial charge is 0.155 e. The minimum absolute atomic E-state index is 0.455. The normalized spacial score (nSPS) is 22.7. The van der Waals surface area contributed by atoms with E-state index < -0.39 is 0 Å². The molecule has 2 heterocycles. The second kappa shape index (κ2) is 4.25. The molecule has 0 aromatic heterocycles. The van der Waals surface area contributed by atoms with Crippen LogP contribution >= 0.6 is 23.4 Å². The van der Waals surface area contributed by atoms with Crippen molar-refractivity contribution in [3.8, 4) is 0 Å². The third-order valence-electron chi connectivity index (χ3n) is 1.98. The summed E-state index contributed by atoms with van der Waals surface area (Å²) >= 11 is 11.5. The standard InChI is InChI=1S/C7H10Cl2N4O/c8-6-5-7(11-13(9)10-6)12-1-3-14-4-2-12/h5,10H,1-4H2. The van der Waals surface area contributed by atoms with Gasteiger partial charge in [-0.3, -0.25) is 5.43 Å². The highest BCUT2D eigenvalue weighted by Crippen LogP contribution is 2.11. The molecule has 0 amide bonds. The topological polar surface area (TPSA) is 40.1 Å². The van der Waals surface area contributed by atoms with Gasteiger partial charge in [0, 0.05) is 19.2 Å². The third-order valence-corrected chi connectivity index (χ3v) is 2.33. The second-order valence-corrected chi connectivity index (χ2v) is 3.65. The van der Waals surface area contributed by atoms with Crippen molar-refractivity contribution >= 4 is 29.2 Å². The molecule has 2 rings (SSSR count). The van der Waals surface area contributed by atoms with E-state index in [0.717, 1.165) is 23.6 Å². The molecule has 0 aliphatic carbocycles. The van der Waals surface area contributed by atoms with Crippen LogP contribution in [0.1, 0.15) is 0 Å². The largest absolute Gasteiger partial charge is 0.378 e. The Kier molecular flexibility index (Phi) is 3.00. The molecule has 0 aromatic carbocycles. The molecule has 0 spiro atoms. The fourth-order valence-corrected chi connectivity index (χ4v) is 1.71.